The second kappa shape index (κ2) is 13.7. The third-order valence-corrected chi connectivity index (χ3v) is 7.94. The first-order valence-electron chi connectivity index (χ1n) is 15.1. The highest BCUT2D eigenvalue weighted by atomic mass is 32.2. The van der Waals surface area contributed by atoms with E-state index in [1.807, 2.05) is 70.2 Å². The number of nitrogens with zero attached hydrogens (tertiary/aromatic N) is 1. The topological polar surface area (TPSA) is 140 Å². The van der Waals surface area contributed by atoms with Gasteiger partial charge in [0.05, 0.1) is 37.5 Å². The summed E-state index contributed by atoms with van der Waals surface area (Å²) in [6, 6.07) is 23.4. The predicted molar refractivity (Wildman–Crippen MR) is 192 cm³/mol. The average molecular weight is 670 g/mol. The number of carbonyl (C=O) groups excluding carboxylic acids is 1. The fraction of sp³-hybridized carbons (Fsp3) is 0.222. The number of urea groups is 1. The van der Waals surface area contributed by atoms with Crippen LogP contribution in [0.4, 0.5) is 33.4 Å². The first kappa shape index (κ1) is 33.9. The summed E-state index contributed by atoms with van der Waals surface area (Å²) < 4.78 is 44.0. The molecule has 5 aromatic rings. The number of hydrogen-bond donors (Lipinski definition) is 4. The molecule has 4 aromatic carbocycles. The maximum absolute atomic E-state index is 13.4. The lowest BCUT2D eigenvalue weighted by molar-refractivity contribution is 0.262. The SMILES string of the molecule is COc1cc(C)cc(Nc2cc(Oc3ccc(NC(=O)Nc4cc(C(C)(C)C)cc(NS(C)(=O)=O)c4OC)c4ccccc34)ccn2)c1. The standard InChI is InChI=1S/C36H39N5O6S/c1-22-16-24(20-26(17-22)45-5)38-33-21-25(14-15-37-33)47-32-13-12-29(27-10-8-9-11-28(27)32)39-35(42)40-30-18-23(36(2,3)4)19-31(34(30)46-6)41-48(7,43)44/h8-21,41H,1-7H3,(H,37,38)(H2,39,40,42). The molecule has 250 valence electrons. The van der Waals surface area contributed by atoms with Crippen molar-refractivity contribution in [3.63, 3.8) is 0 Å². The van der Waals surface area contributed by atoms with Gasteiger partial charge in [0.1, 0.15) is 23.1 Å². The molecule has 0 aliphatic rings. The number of amides is 2. The van der Waals surface area contributed by atoms with Crippen LogP contribution in [-0.2, 0) is 15.4 Å². The third kappa shape index (κ3) is 8.26. The molecule has 0 fully saturated rings. The number of nitrogens with one attached hydrogen (secondary N) is 4. The smallest absolute Gasteiger partial charge is 0.323 e. The van der Waals surface area contributed by atoms with Crippen LogP contribution in [0.15, 0.2) is 85.1 Å². The summed E-state index contributed by atoms with van der Waals surface area (Å²) in [6.45, 7) is 7.96. The molecule has 0 saturated heterocycles. The molecule has 0 saturated carbocycles. The van der Waals surface area contributed by atoms with Crippen LogP contribution in [0.25, 0.3) is 10.8 Å². The van der Waals surface area contributed by atoms with Gasteiger partial charge >= 0.3 is 6.03 Å². The van der Waals surface area contributed by atoms with Crippen LogP contribution in [0.1, 0.15) is 31.9 Å². The fourth-order valence-electron chi connectivity index (χ4n) is 5.15. The van der Waals surface area contributed by atoms with Crippen molar-refractivity contribution in [2.45, 2.75) is 33.1 Å². The lowest BCUT2D eigenvalue weighted by atomic mass is 9.86. The third-order valence-electron chi connectivity index (χ3n) is 7.35. The van der Waals surface area contributed by atoms with Crippen LogP contribution < -0.4 is 34.9 Å². The molecule has 0 spiro atoms. The number of aromatic nitrogens is 1. The number of ether oxygens (including phenoxy) is 3. The number of sulfonamides is 1. The summed E-state index contributed by atoms with van der Waals surface area (Å²) in [6.07, 6.45) is 2.72. The summed E-state index contributed by atoms with van der Waals surface area (Å²) in [5, 5.41) is 10.6. The highest BCUT2D eigenvalue weighted by Crippen LogP contribution is 2.40. The van der Waals surface area contributed by atoms with Gasteiger partial charge in [-0.25, -0.2) is 18.2 Å². The second-order valence-corrected chi connectivity index (χ2v) is 14.1. The number of hydrogen-bond acceptors (Lipinski definition) is 8. The summed E-state index contributed by atoms with van der Waals surface area (Å²) in [7, 11) is -0.579. The molecule has 1 aromatic heterocycles. The maximum Gasteiger partial charge on any atom is 0.323 e. The van der Waals surface area contributed by atoms with E-state index < -0.39 is 16.1 Å². The van der Waals surface area contributed by atoms with Gasteiger partial charge < -0.3 is 30.2 Å². The Hall–Kier alpha value is -5.49. The Labute approximate surface area is 280 Å². The summed E-state index contributed by atoms with van der Waals surface area (Å²) in [5.74, 6) is 2.68. The highest BCUT2D eigenvalue weighted by molar-refractivity contribution is 7.92. The number of methoxy groups -OCH3 is 2. The Bertz CT molecular complexity index is 2090. The number of anilines is 5. The molecule has 0 aliphatic carbocycles. The first-order valence-corrected chi connectivity index (χ1v) is 17.0. The average Bonchev–Trinajstić information content (AvgIpc) is 3.01. The van der Waals surface area contributed by atoms with Gasteiger partial charge in [-0.1, -0.05) is 45.0 Å². The lowest BCUT2D eigenvalue weighted by Gasteiger charge is -2.24. The highest BCUT2D eigenvalue weighted by Gasteiger charge is 2.22. The van der Waals surface area contributed by atoms with E-state index in [9.17, 15) is 13.2 Å². The van der Waals surface area contributed by atoms with Crippen molar-refractivity contribution in [2.24, 2.45) is 0 Å². The minimum absolute atomic E-state index is 0.185. The molecule has 0 radical (unpaired) electrons. The Kier molecular flexibility index (Phi) is 9.67. The van der Waals surface area contributed by atoms with Crippen LogP contribution in [0.3, 0.4) is 0 Å². The normalized spacial score (nSPS) is 11.5. The summed E-state index contributed by atoms with van der Waals surface area (Å²) in [4.78, 5) is 17.8. The van der Waals surface area contributed by atoms with Crippen LogP contribution in [0, 0.1) is 6.92 Å². The zero-order valence-corrected chi connectivity index (χ0v) is 28.7. The van der Waals surface area contributed by atoms with Crippen molar-refractivity contribution in [2.75, 3.05) is 41.1 Å². The summed E-state index contributed by atoms with van der Waals surface area (Å²) >= 11 is 0. The van der Waals surface area contributed by atoms with Crippen molar-refractivity contribution >= 4 is 55.4 Å². The van der Waals surface area contributed by atoms with Gasteiger partial charge in [0.15, 0.2) is 5.75 Å². The van der Waals surface area contributed by atoms with Crippen LogP contribution >= 0.6 is 0 Å². The molecule has 5 rings (SSSR count). The zero-order valence-electron chi connectivity index (χ0n) is 27.9. The molecule has 12 heteroatoms. The Balaban J connectivity index is 1.39. The molecular weight excluding hydrogens is 630 g/mol. The summed E-state index contributed by atoms with van der Waals surface area (Å²) in [5.41, 5.74) is 3.41. The molecule has 0 aliphatic heterocycles. The molecule has 0 unspecified atom stereocenters. The molecule has 2 amide bonds. The Morgan fingerprint density at radius 1 is 0.792 bits per heavy atom. The quantitative estimate of drug-likeness (QED) is 0.116. The Morgan fingerprint density at radius 3 is 2.19 bits per heavy atom. The van der Waals surface area contributed by atoms with Gasteiger partial charge in [-0.15, -0.1) is 0 Å². The van der Waals surface area contributed by atoms with E-state index in [1.54, 1.807) is 49.7 Å². The number of rotatable bonds is 10. The van der Waals surface area contributed by atoms with Gasteiger partial charge in [0.2, 0.25) is 10.0 Å². The zero-order chi connectivity index (χ0) is 34.6. The van der Waals surface area contributed by atoms with Crippen LogP contribution in [-0.4, -0.2) is 39.9 Å². The van der Waals surface area contributed by atoms with Gasteiger partial charge in [-0.05, 0) is 65.9 Å². The number of fused-ring (bicyclic) bond motifs is 1. The largest absolute Gasteiger partial charge is 0.497 e. The lowest BCUT2D eigenvalue weighted by Crippen LogP contribution is -2.22. The minimum Gasteiger partial charge on any atom is -0.497 e. The fourth-order valence-corrected chi connectivity index (χ4v) is 5.70. The molecule has 0 bridgehead atoms. The van der Waals surface area contributed by atoms with E-state index >= 15 is 0 Å². The van der Waals surface area contributed by atoms with Crippen molar-refractivity contribution in [1.29, 1.82) is 0 Å². The number of pyridine rings is 1. The number of benzene rings is 4. The molecule has 1 heterocycles. The minimum atomic E-state index is -3.62. The van der Waals surface area contributed by atoms with Gasteiger partial charge in [-0.3, -0.25) is 4.72 Å². The van der Waals surface area contributed by atoms with E-state index in [-0.39, 0.29) is 16.9 Å². The Morgan fingerprint density at radius 2 is 1.50 bits per heavy atom. The maximum atomic E-state index is 13.4. The van der Waals surface area contributed by atoms with Gasteiger partial charge in [0, 0.05) is 34.8 Å². The van der Waals surface area contributed by atoms with E-state index in [1.165, 1.54) is 7.11 Å². The van der Waals surface area contributed by atoms with Gasteiger partial charge in [-0.2, -0.15) is 0 Å². The molecule has 11 nitrogen and oxygen atoms in total. The van der Waals surface area contributed by atoms with E-state index in [0.29, 0.717) is 28.7 Å². The molecule has 48 heavy (non-hydrogen) atoms. The predicted octanol–water partition coefficient (Wildman–Crippen LogP) is 8.41. The number of aryl methyl sites for hydroxylation is 1. The monoisotopic (exact) mass is 669 g/mol. The van der Waals surface area contributed by atoms with Crippen molar-refractivity contribution in [3.8, 4) is 23.0 Å². The van der Waals surface area contributed by atoms with Crippen molar-refractivity contribution < 1.29 is 27.4 Å². The van der Waals surface area contributed by atoms with Crippen molar-refractivity contribution in [1.82, 2.24) is 4.98 Å². The number of carbonyl (C=O) groups is 1. The molecule has 4 N–H and O–H groups in total. The molecular formula is C36H39N5O6S. The van der Waals surface area contributed by atoms with Crippen LogP contribution in [0.5, 0.6) is 23.0 Å². The first-order chi connectivity index (χ1) is 22.7. The second-order valence-electron chi connectivity index (χ2n) is 12.3. The van der Waals surface area contributed by atoms with E-state index in [2.05, 4.69) is 25.7 Å². The van der Waals surface area contributed by atoms with Crippen molar-refractivity contribution in [3.05, 3.63) is 96.2 Å². The molecule has 0 atom stereocenters. The van der Waals surface area contributed by atoms with Crippen LogP contribution in [0.2, 0.25) is 0 Å². The van der Waals surface area contributed by atoms with E-state index in [4.69, 9.17) is 14.2 Å². The van der Waals surface area contributed by atoms with Gasteiger partial charge in [0.25, 0.3) is 0 Å². The van der Waals surface area contributed by atoms with E-state index in [0.717, 1.165) is 39.6 Å².